The van der Waals surface area contributed by atoms with Crippen molar-refractivity contribution in [2.45, 2.75) is 26.8 Å². The van der Waals surface area contributed by atoms with E-state index in [9.17, 15) is 9.59 Å². The lowest BCUT2D eigenvalue weighted by molar-refractivity contribution is -0.139. The van der Waals surface area contributed by atoms with Crippen molar-refractivity contribution < 1.29 is 9.53 Å². The third kappa shape index (κ3) is 4.13. The Morgan fingerprint density at radius 1 is 1.16 bits per heavy atom. The summed E-state index contributed by atoms with van der Waals surface area (Å²) in [4.78, 5) is 31.4. The van der Waals surface area contributed by atoms with Crippen molar-refractivity contribution in [3.8, 4) is 0 Å². The lowest BCUT2D eigenvalue weighted by atomic mass is 9.96. The van der Waals surface area contributed by atoms with E-state index < -0.39 is 12.0 Å². The standard InChI is InChI=1S/C24H21ClN2O3S/c1-4-30-23(29)20-15(3)26-24-27(21(20)17-9-11-18(25)12-10-17)22(28)19(31-24)13-16-7-5-14(2)6-8-16/h5-13,21H,4H2,1-3H3/b19-13-. The van der Waals surface area contributed by atoms with Gasteiger partial charge in [0.05, 0.1) is 28.5 Å². The zero-order valence-electron chi connectivity index (χ0n) is 17.4. The van der Waals surface area contributed by atoms with Crippen LogP contribution >= 0.6 is 22.9 Å². The topological polar surface area (TPSA) is 60.7 Å². The Bertz CT molecular complexity index is 1350. The number of hydrogen-bond acceptors (Lipinski definition) is 5. The molecule has 0 N–H and O–H groups in total. The van der Waals surface area contributed by atoms with Crippen LogP contribution in [-0.4, -0.2) is 17.1 Å². The van der Waals surface area contributed by atoms with Gasteiger partial charge in [-0.3, -0.25) is 9.36 Å². The first-order chi connectivity index (χ1) is 14.9. The number of hydrogen-bond donors (Lipinski definition) is 0. The molecule has 2 heterocycles. The van der Waals surface area contributed by atoms with Gasteiger partial charge in [0.2, 0.25) is 0 Å². The van der Waals surface area contributed by atoms with Gasteiger partial charge in [0.15, 0.2) is 4.80 Å². The molecule has 0 amide bonds. The molecular formula is C24H21ClN2O3S. The molecule has 1 aromatic heterocycles. The lowest BCUT2D eigenvalue weighted by Gasteiger charge is -2.24. The summed E-state index contributed by atoms with van der Waals surface area (Å²) in [5.41, 5.74) is 3.56. The molecule has 0 saturated heterocycles. The Morgan fingerprint density at radius 3 is 2.48 bits per heavy atom. The monoisotopic (exact) mass is 452 g/mol. The molecule has 1 atom stereocenters. The molecule has 4 rings (SSSR count). The average Bonchev–Trinajstić information content (AvgIpc) is 3.04. The van der Waals surface area contributed by atoms with Gasteiger partial charge in [-0.2, -0.15) is 0 Å². The largest absolute Gasteiger partial charge is 0.463 e. The Morgan fingerprint density at radius 2 is 1.84 bits per heavy atom. The summed E-state index contributed by atoms with van der Waals surface area (Å²) in [5.74, 6) is -0.475. The van der Waals surface area contributed by atoms with Gasteiger partial charge < -0.3 is 4.74 Å². The smallest absolute Gasteiger partial charge is 0.338 e. The minimum absolute atomic E-state index is 0.196. The van der Waals surface area contributed by atoms with Crippen LogP contribution in [0.2, 0.25) is 5.02 Å². The molecule has 0 radical (unpaired) electrons. The molecule has 1 unspecified atom stereocenters. The Hall–Kier alpha value is -2.96. The fourth-order valence-corrected chi connectivity index (χ4v) is 4.74. The Labute approximate surface area is 188 Å². The van der Waals surface area contributed by atoms with Crippen LogP contribution in [0.1, 0.15) is 36.6 Å². The fraction of sp³-hybridized carbons (Fsp3) is 0.208. The second-order valence-electron chi connectivity index (χ2n) is 7.26. The lowest BCUT2D eigenvalue weighted by Crippen LogP contribution is -2.39. The number of halogens is 1. The first-order valence-electron chi connectivity index (χ1n) is 9.91. The second-order valence-corrected chi connectivity index (χ2v) is 8.71. The van der Waals surface area contributed by atoms with Crippen molar-refractivity contribution in [2.24, 2.45) is 4.99 Å². The molecule has 0 aliphatic carbocycles. The minimum atomic E-state index is -0.632. The number of fused-ring (bicyclic) bond motifs is 1. The number of nitrogens with zero attached hydrogens (tertiary/aromatic N) is 2. The quantitative estimate of drug-likeness (QED) is 0.566. The highest BCUT2D eigenvalue weighted by Gasteiger charge is 2.33. The van der Waals surface area contributed by atoms with Gasteiger partial charge in [-0.25, -0.2) is 9.79 Å². The highest BCUT2D eigenvalue weighted by Crippen LogP contribution is 2.31. The highest BCUT2D eigenvalue weighted by molar-refractivity contribution is 7.07. The van der Waals surface area contributed by atoms with E-state index in [1.54, 1.807) is 30.5 Å². The van der Waals surface area contributed by atoms with E-state index in [0.29, 0.717) is 25.6 Å². The van der Waals surface area contributed by atoms with Crippen LogP contribution in [0.4, 0.5) is 0 Å². The number of carbonyl (C=O) groups excluding carboxylic acids is 1. The summed E-state index contributed by atoms with van der Waals surface area (Å²) >= 11 is 7.38. The van der Waals surface area contributed by atoms with Gasteiger partial charge in [0.25, 0.3) is 5.56 Å². The summed E-state index contributed by atoms with van der Waals surface area (Å²) in [6.45, 7) is 5.78. The SMILES string of the molecule is CCOC(=O)C1=C(C)N=c2s/c(=C\c3ccc(C)cc3)c(=O)n2C1c1ccc(Cl)cc1. The van der Waals surface area contributed by atoms with E-state index >= 15 is 0 Å². The molecule has 5 nitrogen and oxygen atoms in total. The van der Waals surface area contributed by atoms with Gasteiger partial charge in [0, 0.05) is 5.02 Å². The maximum absolute atomic E-state index is 13.4. The number of benzene rings is 2. The number of thiazole rings is 1. The number of ether oxygens (including phenoxy) is 1. The van der Waals surface area contributed by atoms with Crippen molar-refractivity contribution in [1.29, 1.82) is 0 Å². The van der Waals surface area contributed by atoms with Crippen LogP contribution in [0.5, 0.6) is 0 Å². The van der Waals surface area contributed by atoms with Gasteiger partial charge in [-0.1, -0.05) is 64.9 Å². The molecule has 2 aromatic carbocycles. The molecule has 3 aromatic rings. The van der Waals surface area contributed by atoms with Crippen LogP contribution in [0.25, 0.3) is 6.08 Å². The zero-order valence-corrected chi connectivity index (χ0v) is 19.0. The summed E-state index contributed by atoms with van der Waals surface area (Å²) in [6, 6.07) is 14.5. The number of esters is 1. The normalized spacial score (nSPS) is 16.1. The summed E-state index contributed by atoms with van der Waals surface area (Å²) in [7, 11) is 0. The average molecular weight is 453 g/mol. The second kappa shape index (κ2) is 8.65. The zero-order chi connectivity index (χ0) is 22.1. The van der Waals surface area contributed by atoms with E-state index in [0.717, 1.165) is 16.7 Å². The summed E-state index contributed by atoms with van der Waals surface area (Å²) in [6.07, 6.45) is 1.85. The highest BCUT2D eigenvalue weighted by atomic mass is 35.5. The van der Waals surface area contributed by atoms with Crippen LogP contribution in [0.15, 0.2) is 69.6 Å². The van der Waals surface area contributed by atoms with Crippen molar-refractivity contribution in [1.82, 2.24) is 4.57 Å². The van der Waals surface area contributed by atoms with Crippen LogP contribution in [-0.2, 0) is 9.53 Å². The predicted molar refractivity (Wildman–Crippen MR) is 123 cm³/mol. The minimum Gasteiger partial charge on any atom is -0.463 e. The van der Waals surface area contributed by atoms with E-state index in [-0.39, 0.29) is 12.2 Å². The third-order valence-electron chi connectivity index (χ3n) is 5.08. The van der Waals surface area contributed by atoms with Gasteiger partial charge in [-0.15, -0.1) is 0 Å². The Kier molecular flexibility index (Phi) is 5.94. The summed E-state index contributed by atoms with van der Waals surface area (Å²) in [5, 5.41) is 0.578. The van der Waals surface area contributed by atoms with Crippen LogP contribution in [0, 0.1) is 6.92 Å². The molecule has 7 heteroatoms. The number of carbonyl (C=O) groups is 1. The molecule has 158 valence electrons. The van der Waals surface area contributed by atoms with Gasteiger partial charge in [-0.05, 0) is 50.1 Å². The van der Waals surface area contributed by atoms with E-state index in [1.807, 2.05) is 49.4 Å². The maximum Gasteiger partial charge on any atom is 0.338 e. The first-order valence-corrected chi connectivity index (χ1v) is 11.1. The van der Waals surface area contributed by atoms with Crippen molar-refractivity contribution >= 4 is 35.0 Å². The molecule has 1 aliphatic heterocycles. The van der Waals surface area contributed by atoms with Crippen molar-refractivity contribution in [2.75, 3.05) is 6.61 Å². The van der Waals surface area contributed by atoms with Gasteiger partial charge >= 0.3 is 5.97 Å². The molecule has 0 saturated carbocycles. The molecule has 0 bridgehead atoms. The van der Waals surface area contributed by atoms with E-state index in [2.05, 4.69) is 4.99 Å². The molecular weight excluding hydrogens is 432 g/mol. The number of rotatable bonds is 4. The fourth-order valence-electron chi connectivity index (χ4n) is 3.57. The third-order valence-corrected chi connectivity index (χ3v) is 6.31. The van der Waals surface area contributed by atoms with E-state index in [1.165, 1.54) is 11.3 Å². The van der Waals surface area contributed by atoms with Crippen molar-refractivity contribution in [3.05, 3.63) is 101 Å². The van der Waals surface area contributed by atoms with Gasteiger partial charge in [0.1, 0.15) is 0 Å². The number of aromatic nitrogens is 1. The first kappa shape index (κ1) is 21.3. The van der Waals surface area contributed by atoms with E-state index in [4.69, 9.17) is 16.3 Å². The molecule has 0 spiro atoms. The Balaban J connectivity index is 1.94. The molecule has 0 fully saturated rings. The molecule has 31 heavy (non-hydrogen) atoms. The number of allylic oxidation sites excluding steroid dienone is 1. The van der Waals surface area contributed by atoms with Crippen LogP contribution in [0.3, 0.4) is 0 Å². The van der Waals surface area contributed by atoms with Crippen LogP contribution < -0.4 is 14.9 Å². The maximum atomic E-state index is 13.4. The predicted octanol–water partition coefficient (Wildman–Crippen LogP) is 3.76. The number of aryl methyl sites for hydroxylation is 1. The molecule has 1 aliphatic rings. The van der Waals surface area contributed by atoms with Crippen molar-refractivity contribution in [3.63, 3.8) is 0 Å². The summed E-state index contributed by atoms with van der Waals surface area (Å²) < 4.78 is 7.42.